The van der Waals surface area contributed by atoms with Gasteiger partial charge in [0.25, 0.3) is 5.91 Å². The Kier molecular flexibility index (Phi) is 7.37. The van der Waals surface area contributed by atoms with Crippen LogP contribution in [-0.2, 0) is 16.1 Å². The van der Waals surface area contributed by atoms with Crippen LogP contribution < -0.4 is 11.1 Å². The lowest BCUT2D eigenvalue weighted by atomic mass is 10.1. The molecule has 2 amide bonds. The average Bonchev–Trinajstić information content (AvgIpc) is 3.06. The minimum Gasteiger partial charge on any atom is -0.465 e. The third-order valence-electron chi connectivity index (χ3n) is 5.16. The number of ether oxygens (including phenoxy) is 1. The van der Waals surface area contributed by atoms with Crippen LogP contribution in [0.3, 0.4) is 0 Å². The van der Waals surface area contributed by atoms with Crippen LogP contribution in [0.2, 0.25) is 0 Å². The van der Waals surface area contributed by atoms with E-state index in [0.29, 0.717) is 18.7 Å². The summed E-state index contributed by atoms with van der Waals surface area (Å²) in [4.78, 5) is 40.8. The molecule has 0 spiro atoms. The fourth-order valence-corrected chi connectivity index (χ4v) is 4.57. The number of thiophene rings is 1. The quantitative estimate of drug-likeness (QED) is 0.627. The Balaban J connectivity index is 1.56. The van der Waals surface area contributed by atoms with Gasteiger partial charge in [0.05, 0.1) is 24.1 Å². The number of primary amides is 1. The lowest BCUT2D eigenvalue weighted by Crippen LogP contribution is -2.48. The molecule has 0 bridgehead atoms. The second-order valence-electron chi connectivity index (χ2n) is 7.34. The van der Waals surface area contributed by atoms with Gasteiger partial charge in [0.2, 0.25) is 5.91 Å². The maximum Gasteiger partial charge on any atom is 0.341 e. The standard InChI is InChI=1S/C21H25FN4O4S/c1-13-17(21(29)30-2)20(31-18(13)19(23)28)24-16(27)12-26-9-7-25(8-10-26)11-14-3-5-15(22)6-4-14/h3-6H,7-12H2,1-2H3,(H2,23,28)(H,24,27). The molecule has 0 unspecified atom stereocenters. The lowest BCUT2D eigenvalue weighted by Gasteiger charge is -2.34. The first-order chi connectivity index (χ1) is 14.8. The van der Waals surface area contributed by atoms with Gasteiger partial charge in [-0.1, -0.05) is 12.1 Å². The molecule has 1 saturated heterocycles. The molecule has 0 aliphatic carbocycles. The molecule has 1 aliphatic rings. The van der Waals surface area contributed by atoms with Gasteiger partial charge in [-0.05, 0) is 30.2 Å². The van der Waals surface area contributed by atoms with Crippen LogP contribution in [0.15, 0.2) is 24.3 Å². The number of piperazine rings is 1. The van der Waals surface area contributed by atoms with Crippen molar-refractivity contribution in [3.8, 4) is 0 Å². The largest absolute Gasteiger partial charge is 0.465 e. The summed E-state index contributed by atoms with van der Waals surface area (Å²) in [6.45, 7) is 5.45. The number of hydrogen-bond donors (Lipinski definition) is 2. The Morgan fingerprint density at radius 3 is 2.32 bits per heavy atom. The average molecular weight is 449 g/mol. The number of amides is 2. The molecule has 1 aromatic carbocycles. The molecule has 3 rings (SSSR count). The van der Waals surface area contributed by atoms with Crippen molar-refractivity contribution in [2.75, 3.05) is 45.2 Å². The summed E-state index contributed by atoms with van der Waals surface area (Å²) in [7, 11) is 1.24. The number of carbonyl (C=O) groups excluding carboxylic acids is 3. The van der Waals surface area contributed by atoms with Gasteiger partial charge in [0, 0.05) is 32.7 Å². The molecule has 1 aromatic heterocycles. The molecule has 31 heavy (non-hydrogen) atoms. The third-order valence-corrected chi connectivity index (χ3v) is 6.39. The predicted octanol–water partition coefficient (Wildman–Crippen LogP) is 1.84. The van der Waals surface area contributed by atoms with E-state index in [-0.39, 0.29) is 33.7 Å². The van der Waals surface area contributed by atoms with Crippen molar-refractivity contribution in [3.05, 3.63) is 51.7 Å². The molecular weight excluding hydrogens is 423 g/mol. The number of esters is 1. The Morgan fingerprint density at radius 1 is 1.13 bits per heavy atom. The van der Waals surface area contributed by atoms with E-state index in [2.05, 4.69) is 10.2 Å². The highest BCUT2D eigenvalue weighted by atomic mass is 32.1. The third kappa shape index (κ3) is 5.66. The first kappa shape index (κ1) is 22.9. The fraction of sp³-hybridized carbons (Fsp3) is 0.381. The van der Waals surface area contributed by atoms with E-state index in [1.807, 2.05) is 4.90 Å². The summed E-state index contributed by atoms with van der Waals surface area (Å²) in [6.07, 6.45) is 0. The minimum absolute atomic E-state index is 0.152. The molecule has 1 fully saturated rings. The number of methoxy groups -OCH3 is 1. The molecule has 0 saturated carbocycles. The zero-order chi connectivity index (χ0) is 22.5. The summed E-state index contributed by atoms with van der Waals surface area (Å²) >= 11 is 0.970. The molecule has 0 radical (unpaired) electrons. The second-order valence-corrected chi connectivity index (χ2v) is 8.36. The highest BCUT2D eigenvalue weighted by molar-refractivity contribution is 7.18. The number of benzene rings is 1. The summed E-state index contributed by atoms with van der Waals surface area (Å²) in [5, 5.41) is 2.99. The van der Waals surface area contributed by atoms with E-state index in [1.54, 1.807) is 19.1 Å². The van der Waals surface area contributed by atoms with Gasteiger partial charge < -0.3 is 15.8 Å². The van der Waals surface area contributed by atoms with Crippen LogP contribution >= 0.6 is 11.3 Å². The summed E-state index contributed by atoms with van der Waals surface area (Å²) in [6, 6.07) is 6.46. The van der Waals surface area contributed by atoms with Crippen LogP contribution in [0.1, 0.15) is 31.2 Å². The van der Waals surface area contributed by atoms with E-state index in [4.69, 9.17) is 10.5 Å². The van der Waals surface area contributed by atoms with Crippen molar-refractivity contribution >= 4 is 34.1 Å². The van der Waals surface area contributed by atoms with Gasteiger partial charge in [-0.25, -0.2) is 9.18 Å². The van der Waals surface area contributed by atoms with Crippen molar-refractivity contribution in [3.63, 3.8) is 0 Å². The lowest BCUT2D eigenvalue weighted by molar-refractivity contribution is -0.117. The number of nitrogens with two attached hydrogens (primary N) is 1. The number of rotatable bonds is 7. The number of halogens is 1. The smallest absolute Gasteiger partial charge is 0.341 e. The summed E-state index contributed by atoms with van der Waals surface area (Å²) in [5.41, 5.74) is 6.96. The maximum absolute atomic E-state index is 13.0. The van der Waals surface area contributed by atoms with E-state index in [0.717, 1.165) is 36.5 Å². The van der Waals surface area contributed by atoms with Crippen molar-refractivity contribution < 1.29 is 23.5 Å². The molecule has 2 heterocycles. The van der Waals surface area contributed by atoms with Gasteiger partial charge in [-0.15, -0.1) is 11.3 Å². The van der Waals surface area contributed by atoms with Gasteiger partial charge >= 0.3 is 5.97 Å². The van der Waals surface area contributed by atoms with Crippen molar-refractivity contribution in [1.29, 1.82) is 0 Å². The van der Waals surface area contributed by atoms with E-state index >= 15 is 0 Å². The monoisotopic (exact) mass is 448 g/mol. The number of nitrogens with one attached hydrogen (secondary N) is 1. The van der Waals surface area contributed by atoms with Crippen molar-refractivity contribution in [2.24, 2.45) is 5.73 Å². The molecular formula is C21H25FN4O4S. The SMILES string of the molecule is COC(=O)c1c(NC(=O)CN2CCN(Cc3ccc(F)cc3)CC2)sc(C(N)=O)c1C. The first-order valence-electron chi connectivity index (χ1n) is 9.79. The Hall–Kier alpha value is -2.82. The van der Waals surface area contributed by atoms with E-state index < -0.39 is 11.9 Å². The Morgan fingerprint density at radius 2 is 1.74 bits per heavy atom. The van der Waals surface area contributed by atoms with Crippen LogP contribution in [0.4, 0.5) is 9.39 Å². The minimum atomic E-state index is -0.662. The van der Waals surface area contributed by atoms with Crippen LogP contribution in [0, 0.1) is 12.7 Å². The van der Waals surface area contributed by atoms with Gasteiger partial charge in [0.1, 0.15) is 10.8 Å². The van der Waals surface area contributed by atoms with Gasteiger partial charge in [0.15, 0.2) is 0 Å². The number of anilines is 1. The Bertz CT molecular complexity index is 969. The highest BCUT2D eigenvalue weighted by Crippen LogP contribution is 2.33. The zero-order valence-electron chi connectivity index (χ0n) is 17.4. The highest BCUT2D eigenvalue weighted by Gasteiger charge is 2.26. The topological polar surface area (TPSA) is 105 Å². The van der Waals surface area contributed by atoms with Crippen molar-refractivity contribution in [1.82, 2.24) is 9.80 Å². The molecule has 0 atom stereocenters. The van der Waals surface area contributed by atoms with Gasteiger partial charge in [-0.3, -0.25) is 19.4 Å². The van der Waals surface area contributed by atoms with E-state index in [9.17, 15) is 18.8 Å². The summed E-state index contributed by atoms with van der Waals surface area (Å²) in [5.74, 6) is -1.83. The molecule has 3 N–H and O–H groups in total. The number of hydrogen-bond acceptors (Lipinski definition) is 7. The maximum atomic E-state index is 13.0. The normalized spacial score (nSPS) is 14.9. The van der Waals surface area contributed by atoms with Crippen LogP contribution in [0.25, 0.3) is 0 Å². The van der Waals surface area contributed by atoms with Crippen LogP contribution in [-0.4, -0.2) is 67.4 Å². The van der Waals surface area contributed by atoms with Gasteiger partial charge in [-0.2, -0.15) is 0 Å². The summed E-state index contributed by atoms with van der Waals surface area (Å²) < 4.78 is 17.8. The van der Waals surface area contributed by atoms with Crippen LogP contribution in [0.5, 0.6) is 0 Å². The zero-order valence-corrected chi connectivity index (χ0v) is 18.3. The fourth-order valence-electron chi connectivity index (χ4n) is 3.51. The number of carbonyl (C=O) groups is 3. The predicted molar refractivity (Wildman–Crippen MR) is 116 cm³/mol. The van der Waals surface area contributed by atoms with E-state index in [1.165, 1.54) is 19.2 Å². The molecule has 8 nitrogen and oxygen atoms in total. The Labute approximate surface area is 183 Å². The second kappa shape index (κ2) is 9.99. The molecule has 1 aliphatic heterocycles. The number of nitrogens with zero attached hydrogens (tertiary/aromatic N) is 2. The molecule has 2 aromatic rings. The van der Waals surface area contributed by atoms with Crippen molar-refractivity contribution in [2.45, 2.75) is 13.5 Å². The molecule has 10 heteroatoms. The first-order valence-corrected chi connectivity index (χ1v) is 10.6. The molecule has 166 valence electrons.